The van der Waals surface area contributed by atoms with E-state index in [-0.39, 0.29) is 18.6 Å². The molecule has 0 unspecified atom stereocenters. The standard InChI is InChI=1S/C12H16BrNO2/c1-9(14-12(15)8-16-2)6-10-4-3-5-11(13)7-10/h3-5,7,9H,6,8H2,1-2H3,(H,14,15)/t9-/m0/s1. The summed E-state index contributed by atoms with van der Waals surface area (Å²) in [7, 11) is 1.51. The maximum atomic E-state index is 11.3. The van der Waals surface area contributed by atoms with Crippen LogP contribution in [-0.4, -0.2) is 25.7 Å². The lowest BCUT2D eigenvalue weighted by Gasteiger charge is -2.13. The van der Waals surface area contributed by atoms with Gasteiger partial charge in [0.15, 0.2) is 0 Å². The van der Waals surface area contributed by atoms with Crippen LogP contribution >= 0.6 is 15.9 Å². The molecule has 1 amide bonds. The van der Waals surface area contributed by atoms with E-state index in [2.05, 4.69) is 27.3 Å². The molecule has 0 aromatic heterocycles. The summed E-state index contributed by atoms with van der Waals surface area (Å²) in [5.41, 5.74) is 1.19. The van der Waals surface area contributed by atoms with E-state index >= 15 is 0 Å². The number of carbonyl (C=O) groups is 1. The fourth-order valence-electron chi connectivity index (χ4n) is 1.52. The third kappa shape index (κ3) is 4.77. The van der Waals surface area contributed by atoms with Crippen LogP contribution in [0.2, 0.25) is 0 Å². The SMILES string of the molecule is COCC(=O)N[C@@H](C)Cc1cccc(Br)c1. The first-order valence-corrected chi connectivity index (χ1v) is 5.94. The van der Waals surface area contributed by atoms with Crippen LogP contribution < -0.4 is 5.32 Å². The van der Waals surface area contributed by atoms with Crippen LogP contribution in [0.25, 0.3) is 0 Å². The molecule has 0 saturated heterocycles. The minimum absolute atomic E-state index is 0.0787. The molecular weight excluding hydrogens is 270 g/mol. The van der Waals surface area contributed by atoms with E-state index in [9.17, 15) is 4.79 Å². The van der Waals surface area contributed by atoms with Crippen molar-refractivity contribution < 1.29 is 9.53 Å². The Bertz CT molecular complexity index is 355. The Labute approximate surface area is 104 Å². The van der Waals surface area contributed by atoms with E-state index in [4.69, 9.17) is 4.74 Å². The van der Waals surface area contributed by atoms with E-state index in [1.807, 2.05) is 25.1 Å². The van der Waals surface area contributed by atoms with E-state index in [0.717, 1.165) is 10.9 Å². The zero-order chi connectivity index (χ0) is 12.0. The number of benzene rings is 1. The van der Waals surface area contributed by atoms with Gasteiger partial charge in [0.1, 0.15) is 6.61 Å². The number of amides is 1. The highest BCUT2D eigenvalue weighted by atomic mass is 79.9. The number of hydrogen-bond donors (Lipinski definition) is 1. The average Bonchev–Trinajstić information content (AvgIpc) is 2.17. The lowest BCUT2D eigenvalue weighted by atomic mass is 10.1. The smallest absolute Gasteiger partial charge is 0.246 e. The van der Waals surface area contributed by atoms with Gasteiger partial charge >= 0.3 is 0 Å². The highest BCUT2D eigenvalue weighted by Crippen LogP contribution is 2.12. The Morgan fingerprint density at radius 3 is 2.94 bits per heavy atom. The molecule has 0 radical (unpaired) electrons. The summed E-state index contributed by atoms with van der Waals surface area (Å²) in [5, 5.41) is 2.87. The van der Waals surface area contributed by atoms with Crippen molar-refractivity contribution in [2.75, 3.05) is 13.7 Å². The summed E-state index contributed by atoms with van der Waals surface area (Å²) < 4.78 is 5.81. The average molecular weight is 286 g/mol. The third-order valence-corrected chi connectivity index (χ3v) is 2.61. The molecule has 1 N–H and O–H groups in total. The van der Waals surface area contributed by atoms with Gasteiger partial charge in [-0.3, -0.25) is 4.79 Å². The highest BCUT2D eigenvalue weighted by molar-refractivity contribution is 9.10. The molecule has 0 heterocycles. The summed E-state index contributed by atoms with van der Waals surface area (Å²) >= 11 is 3.42. The summed E-state index contributed by atoms with van der Waals surface area (Å²) in [6, 6.07) is 8.18. The van der Waals surface area contributed by atoms with Gasteiger partial charge in [-0.05, 0) is 31.0 Å². The minimum atomic E-state index is -0.0787. The zero-order valence-corrected chi connectivity index (χ0v) is 11.1. The van der Waals surface area contributed by atoms with Crippen LogP contribution in [0.3, 0.4) is 0 Å². The van der Waals surface area contributed by atoms with Gasteiger partial charge < -0.3 is 10.1 Å². The van der Waals surface area contributed by atoms with Gasteiger partial charge in [-0.15, -0.1) is 0 Å². The van der Waals surface area contributed by atoms with Crippen LogP contribution in [0.1, 0.15) is 12.5 Å². The van der Waals surface area contributed by atoms with Crippen LogP contribution in [0.5, 0.6) is 0 Å². The number of carbonyl (C=O) groups excluding carboxylic acids is 1. The van der Waals surface area contributed by atoms with E-state index in [1.54, 1.807) is 0 Å². The molecule has 0 bridgehead atoms. The third-order valence-electron chi connectivity index (χ3n) is 2.11. The first kappa shape index (κ1) is 13.2. The molecular formula is C12H16BrNO2. The molecule has 1 aromatic carbocycles. The van der Waals surface area contributed by atoms with Crippen LogP contribution in [0.4, 0.5) is 0 Å². The van der Waals surface area contributed by atoms with Crippen molar-refractivity contribution >= 4 is 21.8 Å². The number of hydrogen-bond acceptors (Lipinski definition) is 2. The first-order chi connectivity index (χ1) is 7.61. The largest absolute Gasteiger partial charge is 0.375 e. The predicted molar refractivity (Wildman–Crippen MR) is 67.3 cm³/mol. The molecule has 0 saturated carbocycles. The Hall–Kier alpha value is -0.870. The Balaban J connectivity index is 2.45. The molecule has 0 fully saturated rings. The van der Waals surface area contributed by atoms with E-state index in [1.165, 1.54) is 12.7 Å². The molecule has 0 aliphatic rings. The number of halogens is 1. The molecule has 4 heteroatoms. The van der Waals surface area contributed by atoms with Crippen LogP contribution in [-0.2, 0) is 16.0 Å². The van der Waals surface area contributed by atoms with Crippen molar-refractivity contribution in [2.24, 2.45) is 0 Å². The molecule has 1 aromatic rings. The number of nitrogens with one attached hydrogen (secondary N) is 1. The lowest BCUT2D eigenvalue weighted by Crippen LogP contribution is -2.36. The van der Waals surface area contributed by atoms with Crippen molar-refractivity contribution in [1.29, 1.82) is 0 Å². The second kappa shape index (κ2) is 6.66. The number of methoxy groups -OCH3 is 1. The monoisotopic (exact) mass is 285 g/mol. The van der Waals surface area contributed by atoms with Crippen molar-refractivity contribution in [3.8, 4) is 0 Å². The maximum Gasteiger partial charge on any atom is 0.246 e. The van der Waals surface area contributed by atoms with Crippen molar-refractivity contribution in [3.05, 3.63) is 34.3 Å². The van der Waals surface area contributed by atoms with Gasteiger partial charge in [-0.2, -0.15) is 0 Å². The van der Waals surface area contributed by atoms with Gasteiger partial charge in [0.05, 0.1) is 0 Å². The number of rotatable bonds is 5. The van der Waals surface area contributed by atoms with E-state index < -0.39 is 0 Å². The Morgan fingerprint density at radius 1 is 1.56 bits per heavy atom. The van der Waals surface area contributed by atoms with Gasteiger partial charge in [0, 0.05) is 17.6 Å². The highest BCUT2D eigenvalue weighted by Gasteiger charge is 2.07. The Kier molecular flexibility index (Phi) is 5.49. The second-order valence-electron chi connectivity index (χ2n) is 3.74. The van der Waals surface area contributed by atoms with Crippen molar-refractivity contribution in [2.45, 2.75) is 19.4 Å². The second-order valence-corrected chi connectivity index (χ2v) is 4.65. The summed E-state index contributed by atoms with van der Waals surface area (Å²) in [6.07, 6.45) is 0.814. The topological polar surface area (TPSA) is 38.3 Å². The first-order valence-electron chi connectivity index (χ1n) is 5.14. The lowest BCUT2D eigenvalue weighted by molar-refractivity contribution is -0.125. The molecule has 3 nitrogen and oxygen atoms in total. The number of ether oxygens (including phenoxy) is 1. The van der Waals surface area contributed by atoms with Gasteiger partial charge in [0.25, 0.3) is 0 Å². The summed E-state index contributed by atoms with van der Waals surface area (Å²) in [6.45, 7) is 2.09. The molecule has 0 aliphatic heterocycles. The van der Waals surface area contributed by atoms with Gasteiger partial charge in [-0.1, -0.05) is 28.1 Å². The molecule has 0 spiro atoms. The summed E-state index contributed by atoms with van der Waals surface area (Å²) in [4.78, 5) is 11.3. The van der Waals surface area contributed by atoms with E-state index in [0.29, 0.717) is 0 Å². The molecule has 1 atom stereocenters. The fourth-order valence-corrected chi connectivity index (χ4v) is 1.96. The maximum absolute atomic E-state index is 11.3. The fraction of sp³-hybridized carbons (Fsp3) is 0.417. The Morgan fingerprint density at radius 2 is 2.31 bits per heavy atom. The molecule has 88 valence electrons. The molecule has 1 rings (SSSR count). The minimum Gasteiger partial charge on any atom is -0.375 e. The van der Waals surface area contributed by atoms with Crippen LogP contribution in [0.15, 0.2) is 28.7 Å². The quantitative estimate of drug-likeness (QED) is 0.900. The normalized spacial score (nSPS) is 12.2. The van der Waals surface area contributed by atoms with Gasteiger partial charge in [-0.25, -0.2) is 0 Å². The van der Waals surface area contributed by atoms with Crippen molar-refractivity contribution in [1.82, 2.24) is 5.32 Å². The summed E-state index contributed by atoms with van der Waals surface area (Å²) in [5.74, 6) is -0.0787. The molecule has 16 heavy (non-hydrogen) atoms. The van der Waals surface area contributed by atoms with Crippen molar-refractivity contribution in [3.63, 3.8) is 0 Å². The predicted octanol–water partition coefficient (Wildman–Crippen LogP) is 2.14. The molecule has 0 aliphatic carbocycles. The van der Waals surface area contributed by atoms with Crippen LogP contribution in [0, 0.1) is 0 Å². The van der Waals surface area contributed by atoms with Gasteiger partial charge in [0.2, 0.25) is 5.91 Å². The zero-order valence-electron chi connectivity index (χ0n) is 9.50.